The average Bonchev–Trinajstić information content (AvgIpc) is 2.31. The SMILES string of the molecule is Cc1cc(C)nc(NS(=O)(=O)c2cc(N)cc(C)c2F)c1. The number of hydrogen-bond donors (Lipinski definition) is 2. The normalized spacial score (nSPS) is 11.4. The second-order valence-corrected chi connectivity index (χ2v) is 6.58. The van der Waals surface area contributed by atoms with Crippen molar-refractivity contribution in [1.82, 2.24) is 4.98 Å². The summed E-state index contributed by atoms with van der Waals surface area (Å²) in [5, 5.41) is 0. The number of nitrogens with one attached hydrogen (secondary N) is 1. The van der Waals surface area contributed by atoms with E-state index in [1.54, 1.807) is 13.0 Å². The van der Waals surface area contributed by atoms with Crippen LogP contribution in [0.3, 0.4) is 0 Å². The zero-order valence-corrected chi connectivity index (χ0v) is 12.8. The van der Waals surface area contributed by atoms with Crippen molar-refractivity contribution in [3.8, 4) is 0 Å². The molecule has 7 heteroatoms. The van der Waals surface area contributed by atoms with Gasteiger partial charge in [-0.2, -0.15) is 0 Å². The van der Waals surface area contributed by atoms with E-state index in [-0.39, 0.29) is 17.1 Å². The lowest BCUT2D eigenvalue weighted by Crippen LogP contribution is -2.16. The fraction of sp³-hybridized carbons (Fsp3) is 0.214. The molecule has 0 amide bonds. The van der Waals surface area contributed by atoms with E-state index in [1.165, 1.54) is 13.0 Å². The van der Waals surface area contributed by atoms with Crippen molar-refractivity contribution in [3.05, 3.63) is 46.9 Å². The number of nitrogen functional groups attached to an aromatic ring is 1. The van der Waals surface area contributed by atoms with Crippen LogP contribution in [-0.4, -0.2) is 13.4 Å². The highest BCUT2D eigenvalue weighted by atomic mass is 32.2. The Bertz CT molecular complexity index is 784. The van der Waals surface area contributed by atoms with Crippen molar-refractivity contribution in [3.63, 3.8) is 0 Å². The highest BCUT2D eigenvalue weighted by Gasteiger charge is 2.22. The molecule has 0 saturated heterocycles. The van der Waals surface area contributed by atoms with Crippen LogP contribution in [0.15, 0.2) is 29.2 Å². The molecule has 1 aromatic heterocycles. The van der Waals surface area contributed by atoms with Crippen molar-refractivity contribution < 1.29 is 12.8 Å². The van der Waals surface area contributed by atoms with E-state index < -0.39 is 20.7 Å². The van der Waals surface area contributed by atoms with E-state index in [0.29, 0.717) is 5.69 Å². The van der Waals surface area contributed by atoms with E-state index in [4.69, 9.17) is 5.73 Å². The molecular weight excluding hydrogens is 293 g/mol. The van der Waals surface area contributed by atoms with Gasteiger partial charge in [0.05, 0.1) is 0 Å². The zero-order chi connectivity index (χ0) is 15.8. The van der Waals surface area contributed by atoms with E-state index in [1.807, 2.05) is 13.0 Å². The number of pyridine rings is 1. The summed E-state index contributed by atoms with van der Waals surface area (Å²) >= 11 is 0. The molecule has 112 valence electrons. The van der Waals surface area contributed by atoms with Gasteiger partial charge in [-0.05, 0) is 56.2 Å². The Morgan fingerprint density at radius 1 is 1.14 bits per heavy atom. The van der Waals surface area contributed by atoms with Crippen LogP contribution in [0.5, 0.6) is 0 Å². The van der Waals surface area contributed by atoms with E-state index in [2.05, 4.69) is 9.71 Å². The summed E-state index contributed by atoms with van der Waals surface area (Å²) in [6.45, 7) is 5.02. The minimum atomic E-state index is -4.09. The van der Waals surface area contributed by atoms with Gasteiger partial charge < -0.3 is 5.73 Å². The van der Waals surface area contributed by atoms with E-state index >= 15 is 0 Å². The van der Waals surface area contributed by atoms with Crippen molar-refractivity contribution in [2.45, 2.75) is 25.7 Å². The van der Waals surface area contributed by atoms with Gasteiger partial charge in [-0.15, -0.1) is 0 Å². The molecule has 0 aliphatic heterocycles. The first-order valence-corrected chi connectivity index (χ1v) is 7.71. The highest BCUT2D eigenvalue weighted by Crippen LogP contribution is 2.23. The van der Waals surface area contributed by atoms with Crippen molar-refractivity contribution in [2.75, 3.05) is 10.5 Å². The molecule has 0 aliphatic rings. The number of benzene rings is 1. The van der Waals surface area contributed by atoms with Gasteiger partial charge in [-0.3, -0.25) is 4.72 Å². The Hall–Kier alpha value is -2.15. The van der Waals surface area contributed by atoms with Crippen LogP contribution in [-0.2, 0) is 10.0 Å². The van der Waals surface area contributed by atoms with Crippen LogP contribution in [0, 0.1) is 26.6 Å². The van der Waals surface area contributed by atoms with Crippen LogP contribution in [0.25, 0.3) is 0 Å². The smallest absolute Gasteiger partial charge is 0.266 e. The number of hydrogen-bond acceptors (Lipinski definition) is 4. The monoisotopic (exact) mass is 309 g/mol. The quantitative estimate of drug-likeness (QED) is 0.853. The fourth-order valence-corrected chi connectivity index (χ4v) is 3.22. The summed E-state index contributed by atoms with van der Waals surface area (Å²) in [5.74, 6) is -0.673. The molecule has 0 unspecified atom stereocenters. The lowest BCUT2D eigenvalue weighted by Gasteiger charge is -2.11. The Balaban J connectivity index is 2.48. The summed E-state index contributed by atoms with van der Waals surface area (Å²) in [4.78, 5) is 3.59. The van der Waals surface area contributed by atoms with Gasteiger partial charge in [0, 0.05) is 11.4 Å². The van der Waals surface area contributed by atoms with Crippen LogP contribution in [0.2, 0.25) is 0 Å². The summed E-state index contributed by atoms with van der Waals surface area (Å²) in [6.07, 6.45) is 0. The van der Waals surface area contributed by atoms with Crippen LogP contribution in [0.1, 0.15) is 16.8 Å². The first-order valence-electron chi connectivity index (χ1n) is 6.23. The maximum atomic E-state index is 14.0. The van der Waals surface area contributed by atoms with Gasteiger partial charge in [0.15, 0.2) is 0 Å². The molecule has 2 rings (SSSR count). The Morgan fingerprint density at radius 3 is 2.43 bits per heavy atom. The number of aromatic nitrogens is 1. The van der Waals surface area contributed by atoms with Crippen LogP contribution < -0.4 is 10.5 Å². The van der Waals surface area contributed by atoms with Crippen molar-refractivity contribution in [2.24, 2.45) is 0 Å². The van der Waals surface area contributed by atoms with Gasteiger partial charge in [0.1, 0.15) is 16.5 Å². The molecule has 0 radical (unpaired) electrons. The molecule has 1 aromatic carbocycles. The molecule has 1 heterocycles. The van der Waals surface area contributed by atoms with Gasteiger partial charge in [0.25, 0.3) is 10.0 Å². The number of nitrogens with two attached hydrogens (primary N) is 1. The van der Waals surface area contributed by atoms with Crippen molar-refractivity contribution >= 4 is 21.5 Å². The summed E-state index contributed by atoms with van der Waals surface area (Å²) < 4.78 is 40.9. The molecular formula is C14H16FN3O2S. The van der Waals surface area contributed by atoms with Gasteiger partial charge >= 0.3 is 0 Å². The topological polar surface area (TPSA) is 85.1 Å². The minimum Gasteiger partial charge on any atom is -0.399 e. The lowest BCUT2D eigenvalue weighted by molar-refractivity contribution is 0.565. The standard InChI is InChI=1S/C14H16FN3O2S/c1-8-4-10(3)17-13(5-8)18-21(19,20)12-7-11(16)6-9(2)14(12)15/h4-7H,16H2,1-3H3,(H,17,18). The maximum absolute atomic E-state index is 14.0. The number of sulfonamides is 1. The van der Waals surface area contributed by atoms with Gasteiger partial charge in [0.2, 0.25) is 0 Å². The van der Waals surface area contributed by atoms with Gasteiger partial charge in [-0.1, -0.05) is 0 Å². The first-order chi connectivity index (χ1) is 9.69. The Kier molecular flexibility index (Phi) is 3.87. The molecule has 3 N–H and O–H groups in total. The predicted molar refractivity (Wildman–Crippen MR) is 80.1 cm³/mol. The average molecular weight is 309 g/mol. The Morgan fingerprint density at radius 2 is 1.81 bits per heavy atom. The largest absolute Gasteiger partial charge is 0.399 e. The maximum Gasteiger partial charge on any atom is 0.266 e. The number of nitrogens with zero attached hydrogens (tertiary/aromatic N) is 1. The number of anilines is 2. The molecule has 0 fully saturated rings. The fourth-order valence-electron chi connectivity index (χ4n) is 2.05. The molecule has 0 atom stereocenters. The minimum absolute atomic E-state index is 0.145. The first kappa shape index (κ1) is 15.2. The number of aryl methyl sites for hydroxylation is 3. The van der Waals surface area contributed by atoms with Crippen LogP contribution >= 0.6 is 0 Å². The third kappa shape index (κ3) is 3.30. The van der Waals surface area contributed by atoms with E-state index in [0.717, 1.165) is 11.6 Å². The third-order valence-corrected chi connectivity index (χ3v) is 4.22. The van der Waals surface area contributed by atoms with Gasteiger partial charge in [-0.25, -0.2) is 17.8 Å². The Labute approximate surface area is 123 Å². The summed E-state index contributed by atoms with van der Waals surface area (Å²) in [6, 6.07) is 5.85. The molecule has 2 aromatic rings. The summed E-state index contributed by atoms with van der Waals surface area (Å²) in [7, 11) is -4.09. The second kappa shape index (κ2) is 5.33. The summed E-state index contributed by atoms with van der Waals surface area (Å²) in [5.41, 5.74) is 7.46. The highest BCUT2D eigenvalue weighted by molar-refractivity contribution is 7.92. The van der Waals surface area contributed by atoms with E-state index in [9.17, 15) is 12.8 Å². The second-order valence-electron chi connectivity index (χ2n) is 4.93. The molecule has 21 heavy (non-hydrogen) atoms. The third-order valence-electron chi connectivity index (χ3n) is 2.87. The molecule has 0 spiro atoms. The lowest BCUT2D eigenvalue weighted by atomic mass is 10.2. The molecule has 0 saturated carbocycles. The molecule has 5 nitrogen and oxygen atoms in total. The zero-order valence-electron chi connectivity index (χ0n) is 11.9. The van der Waals surface area contributed by atoms with Crippen LogP contribution in [0.4, 0.5) is 15.9 Å². The predicted octanol–water partition coefficient (Wildman–Crippen LogP) is 2.53. The van der Waals surface area contributed by atoms with Crippen molar-refractivity contribution in [1.29, 1.82) is 0 Å². The molecule has 0 aliphatic carbocycles. The number of halogens is 1. The molecule has 0 bridgehead atoms. The number of rotatable bonds is 3.